The molecule has 0 unspecified atom stereocenters. The van der Waals surface area contributed by atoms with Gasteiger partial charge in [-0.05, 0) is 17.7 Å². The fraction of sp³-hybridized carbons (Fsp3) is 0.273. The zero-order chi connectivity index (χ0) is 13.3. The maximum Gasteiger partial charge on any atom is 0.416 e. The lowest BCUT2D eigenvalue weighted by Crippen LogP contribution is -2.20. The molecule has 0 fully saturated rings. The Bertz CT molecular complexity index is 493. The van der Waals surface area contributed by atoms with Crippen molar-refractivity contribution in [3.63, 3.8) is 0 Å². The van der Waals surface area contributed by atoms with Gasteiger partial charge >= 0.3 is 6.18 Å². The van der Waals surface area contributed by atoms with E-state index in [2.05, 4.69) is 5.10 Å². The summed E-state index contributed by atoms with van der Waals surface area (Å²) < 4.78 is 37.0. The number of nitrogens with zero attached hydrogens (tertiary/aromatic N) is 2. The Hall–Kier alpha value is -2.05. The van der Waals surface area contributed by atoms with Crippen LogP contribution in [0.15, 0.2) is 29.4 Å². The van der Waals surface area contributed by atoms with Crippen molar-refractivity contribution in [2.45, 2.75) is 19.1 Å². The zero-order valence-electron chi connectivity index (χ0n) is 9.24. The van der Waals surface area contributed by atoms with Crippen LogP contribution in [0.5, 0.6) is 0 Å². The van der Waals surface area contributed by atoms with Gasteiger partial charge in [-0.25, -0.2) is 5.01 Å². The van der Waals surface area contributed by atoms with Crippen molar-refractivity contribution in [3.8, 4) is 0 Å². The highest BCUT2D eigenvalue weighted by atomic mass is 19.4. The first-order chi connectivity index (χ1) is 8.36. The fourth-order valence-electron chi connectivity index (χ4n) is 1.59. The quantitative estimate of drug-likeness (QED) is 0.876. The minimum Gasteiger partial charge on any atom is -0.385 e. The molecular formula is C11H10F3N3O. The molecule has 0 bridgehead atoms. The topological polar surface area (TPSA) is 58.7 Å². The molecule has 7 heteroatoms. The summed E-state index contributed by atoms with van der Waals surface area (Å²) >= 11 is 0. The van der Waals surface area contributed by atoms with Gasteiger partial charge < -0.3 is 5.73 Å². The van der Waals surface area contributed by atoms with E-state index in [-0.39, 0.29) is 24.7 Å². The molecule has 2 N–H and O–H groups in total. The van der Waals surface area contributed by atoms with Gasteiger partial charge in [0.05, 0.1) is 18.5 Å². The summed E-state index contributed by atoms with van der Waals surface area (Å²) in [4.78, 5) is 11.4. The van der Waals surface area contributed by atoms with Crippen molar-refractivity contribution < 1.29 is 18.0 Å². The van der Waals surface area contributed by atoms with E-state index < -0.39 is 11.7 Å². The highest BCUT2D eigenvalue weighted by Gasteiger charge is 2.30. The molecule has 0 aliphatic carbocycles. The fourth-order valence-corrected chi connectivity index (χ4v) is 1.59. The number of hydrogen-bond donors (Lipinski definition) is 1. The molecule has 4 nitrogen and oxygen atoms in total. The predicted molar refractivity (Wildman–Crippen MR) is 58.2 cm³/mol. The third-order valence-corrected chi connectivity index (χ3v) is 2.48. The normalized spacial score (nSPS) is 16.1. The Kier molecular flexibility index (Phi) is 2.98. The van der Waals surface area contributed by atoms with Gasteiger partial charge in [-0.1, -0.05) is 12.1 Å². The van der Waals surface area contributed by atoms with Crippen molar-refractivity contribution >= 4 is 11.7 Å². The minimum atomic E-state index is -4.36. The van der Waals surface area contributed by atoms with Crippen molar-refractivity contribution in [2.75, 3.05) is 0 Å². The summed E-state index contributed by atoms with van der Waals surface area (Å²) in [6, 6.07) is 4.59. The number of carbonyl (C=O) groups is 1. The monoisotopic (exact) mass is 257 g/mol. The van der Waals surface area contributed by atoms with Gasteiger partial charge in [-0.15, -0.1) is 0 Å². The number of rotatable bonds is 2. The number of amides is 1. The molecule has 1 heterocycles. The van der Waals surface area contributed by atoms with Gasteiger partial charge in [0, 0.05) is 0 Å². The highest BCUT2D eigenvalue weighted by Crippen LogP contribution is 2.29. The molecule has 0 radical (unpaired) electrons. The Morgan fingerprint density at radius 3 is 2.33 bits per heavy atom. The number of nitrogens with two attached hydrogens (primary N) is 1. The van der Waals surface area contributed by atoms with Crippen LogP contribution in [0.3, 0.4) is 0 Å². The summed E-state index contributed by atoms with van der Waals surface area (Å²) in [5.74, 6) is -0.0423. The van der Waals surface area contributed by atoms with Crippen LogP contribution < -0.4 is 5.73 Å². The van der Waals surface area contributed by atoms with E-state index in [0.717, 1.165) is 17.1 Å². The van der Waals surface area contributed by atoms with Crippen molar-refractivity contribution in [1.29, 1.82) is 0 Å². The predicted octanol–water partition coefficient (Wildman–Crippen LogP) is 1.71. The van der Waals surface area contributed by atoms with Gasteiger partial charge in [-0.3, -0.25) is 4.79 Å². The average molecular weight is 257 g/mol. The van der Waals surface area contributed by atoms with Gasteiger partial charge in [0.15, 0.2) is 0 Å². The second-order valence-electron chi connectivity index (χ2n) is 3.91. The van der Waals surface area contributed by atoms with Crippen LogP contribution >= 0.6 is 0 Å². The van der Waals surface area contributed by atoms with E-state index in [1.807, 2.05) is 0 Å². The van der Waals surface area contributed by atoms with Gasteiger partial charge in [0.1, 0.15) is 5.84 Å². The van der Waals surface area contributed by atoms with E-state index >= 15 is 0 Å². The third-order valence-electron chi connectivity index (χ3n) is 2.48. The molecule has 1 amide bonds. The van der Waals surface area contributed by atoms with E-state index in [1.165, 1.54) is 12.1 Å². The van der Waals surface area contributed by atoms with E-state index in [9.17, 15) is 18.0 Å². The second-order valence-corrected chi connectivity index (χ2v) is 3.91. The number of benzene rings is 1. The first-order valence-electron chi connectivity index (χ1n) is 5.16. The molecule has 96 valence electrons. The Balaban J connectivity index is 2.10. The van der Waals surface area contributed by atoms with Crippen LogP contribution in [0, 0.1) is 0 Å². The Labute approximate surface area is 101 Å². The van der Waals surface area contributed by atoms with Gasteiger partial charge in [0.2, 0.25) is 0 Å². The molecule has 1 aromatic carbocycles. The lowest BCUT2D eigenvalue weighted by molar-refractivity contribution is -0.137. The molecule has 1 aromatic rings. The number of hydrazone groups is 1. The molecule has 0 spiro atoms. The van der Waals surface area contributed by atoms with Crippen LogP contribution in [-0.4, -0.2) is 16.8 Å². The van der Waals surface area contributed by atoms with Crippen LogP contribution in [-0.2, 0) is 17.5 Å². The summed E-state index contributed by atoms with van der Waals surface area (Å²) in [6.07, 6.45) is -4.30. The van der Waals surface area contributed by atoms with Crippen LogP contribution in [0.25, 0.3) is 0 Å². The molecule has 0 saturated heterocycles. The van der Waals surface area contributed by atoms with Crippen molar-refractivity contribution in [3.05, 3.63) is 35.4 Å². The summed E-state index contributed by atoms with van der Waals surface area (Å²) in [6.45, 7) is 0.123. The lowest BCUT2D eigenvalue weighted by atomic mass is 10.1. The summed E-state index contributed by atoms with van der Waals surface area (Å²) in [5.41, 5.74) is 5.23. The zero-order valence-corrected chi connectivity index (χ0v) is 9.24. The number of amidine groups is 1. The molecule has 0 saturated carbocycles. The van der Waals surface area contributed by atoms with E-state index in [4.69, 9.17) is 5.73 Å². The Morgan fingerprint density at radius 1 is 1.28 bits per heavy atom. The molecule has 2 rings (SSSR count). The largest absolute Gasteiger partial charge is 0.416 e. The molecule has 1 aliphatic heterocycles. The number of alkyl halides is 3. The smallest absolute Gasteiger partial charge is 0.385 e. The van der Waals surface area contributed by atoms with E-state index in [1.54, 1.807) is 0 Å². The molecule has 1 aliphatic rings. The second kappa shape index (κ2) is 4.32. The van der Waals surface area contributed by atoms with Crippen molar-refractivity contribution in [1.82, 2.24) is 5.01 Å². The van der Waals surface area contributed by atoms with E-state index in [0.29, 0.717) is 5.56 Å². The summed E-state index contributed by atoms with van der Waals surface area (Å²) in [5, 5.41) is 4.94. The first kappa shape index (κ1) is 12.4. The van der Waals surface area contributed by atoms with Crippen molar-refractivity contribution in [2.24, 2.45) is 10.8 Å². The molecular weight excluding hydrogens is 247 g/mol. The minimum absolute atomic E-state index is 0.0562. The van der Waals surface area contributed by atoms with Gasteiger partial charge in [-0.2, -0.15) is 18.3 Å². The standard InChI is InChI=1S/C11H10F3N3O/c12-11(13,14)8-3-1-7(2-4-8)6-17-10(18)5-9(15)16-17/h1-4H,5-6H2,(H2,15,16). The Morgan fingerprint density at radius 2 is 1.89 bits per heavy atom. The van der Waals surface area contributed by atoms with Gasteiger partial charge in [0.25, 0.3) is 5.91 Å². The molecule has 18 heavy (non-hydrogen) atoms. The average Bonchev–Trinajstić information content (AvgIpc) is 2.57. The lowest BCUT2D eigenvalue weighted by Gasteiger charge is -2.12. The van der Waals surface area contributed by atoms with Crippen LogP contribution in [0.1, 0.15) is 17.5 Å². The third kappa shape index (κ3) is 2.61. The number of halogens is 3. The first-order valence-corrected chi connectivity index (χ1v) is 5.16. The summed E-state index contributed by atoms with van der Waals surface area (Å²) in [7, 11) is 0. The molecule has 0 aromatic heterocycles. The SMILES string of the molecule is NC1=NN(Cc2ccc(C(F)(F)F)cc2)C(=O)C1. The maximum absolute atomic E-state index is 12.3. The maximum atomic E-state index is 12.3. The highest BCUT2D eigenvalue weighted by molar-refractivity contribution is 6.02. The molecule has 0 atom stereocenters. The van der Waals surface area contributed by atoms with Crippen LogP contribution in [0.2, 0.25) is 0 Å². The van der Waals surface area contributed by atoms with Crippen LogP contribution in [0.4, 0.5) is 13.2 Å². The number of hydrogen-bond acceptors (Lipinski definition) is 3. The number of carbonyl (C=O) groups excluding carboxylic acids is 1.